The Bertz CT molecular complexity index is 443. The predicted molar refractivity (Wildman–Crippen MR) is 51.5 cm³/mol. The molecule has 1 aromatic rings. The molecule has 0 radical (unpaired) electrons. The third-order valence-corrected chi connectivity index (χ3v) is 1.64. The molecule has 15 heavy (non-hydrogen) atoms. The Morgan fingerprint density at radius 2 is 1.93 bits per heavy atom. The fourth-order valence-corrected chi connectivity index (χ4v) is 0.993. The van der Waals surface area contributed by atoms with Crippen LogP contribution in [0.15, 0.2) is 23.3 Å². The Hall–Kier alpha value is -2.51. The summed E-state index contributed by atoms with van der Waals surface area (Å²) in [5, 5.41) is 24.0. The number of nitro groups is 2. The monoisotopic (exact) mass is 210 g/mol. The minimum Gasteiger partial charge on any atom is -0.323 e. The van der Waals surface area contributed by atoms with Crippen LogP contribution in [-0.2, 0) is 0 Å². The van der Waals surface area contributed by atoms with Gasteiger partial charge in [-0.05, 0) is 6.07 Å². The van der Waals surface area contributed by atoms with E-state index in [9.17, 15) is 20.2 Å². The second-order valence-electron chi connectivity index (χ2n) is 2.54. The van der Waals surface area contributed by atoms with Gasteiger partial charge >= 0.3 is 0 Å². The molecule has 1 rings (SSSR count). The molecule has 0 aliphatic heterocycles. The van der Waals surface area contributed by atoms with Gasteiger partial charge in [0.2, 0.25) is 0 Å². The zero-order valence-corrected chi connectivity index (χ0v) is 7.36. The Labute approximate surface area is 83.3 Å². The lowest BCUT2D eigenvalue weighted by Gasteiger charge is -1.96. The van der Waals surface area contributed by atoms with Crippen molar-refractivity contribution in [3.05, 3.63) is 44.0 Å². The third-order valence-electron chi connectivity index (χ3n) is 1.64. The molecule has 0 saturated heterocycles. The van der Waals surface area contributed by atoms with E-state index in [4.69, 9.17) is 5.84 Å². The van der Waals surface area contributed by atoms with Crippen molar-refractivity contribution in [3.8, 4) is 0 Å². The van der Waals surface area contributed by atoms with Crippen LogP contribution >= 0.6 is 0 Å². The molecule has 1 aromatic carbocycles. The van der Waals surface area contributed by atoms with Crippen molar-refractivity contribution in [2.45, 2.75) is 0 Å². The van der Waals surface area contributed by atoms with E-state index >= 15 is 0 Å². The first-order chi connectivity index (χ1) is 7.06. The molecule has 0 unspecified atom stereocenters. The van der Waals surface area contributed by atoms with Crippen molar-refractivity contribution < 1.29 is 9.85 Å². The Kier molecular flexibility index (Phi) is 2.91. The lowest BCUT2D eigenvalue weighted by Crippen LogP contribution is -1.98. The molecular formula is C7H6N4O4. The van der Waals surface area contributed by atoms with E-state index in [1.807, 2.05) is 0 Å². The molecule has 0 aromatic heterocycles. The number of hydrogen-bond acceptors (Lipinski definition) is 6. The van der Waals surface area contributed by atoms with Gasteiger partial charge in [-0.25, -0.2) is 0 Å². The second-order valence-corrected chi connectivity index (χ2v) is 2.54. The molecule has 0 spiro atoms. The van der Waals surface area contributed by atoms with Gasteiger partial charge in [0, 0.05) is 6.07 Å². The van der Waals surface area contributed by atoms with Crippen LogP contribution in [0.1, 0.15) is 5.56 Å². The average molecular weight is 210 g/mol. The van der Waals surface area contributed by atoms with E-state index in [1.165, 1.54) is 6.07 Å². The van der Waals surface area contributed by atoms with Gasteiger partial charge in [-0.2, -0.15) is 5.10 Å². The van der Waals surface area contributed by atoms with Crippen molar-refractivity contribution in [2.75, 3.05) is 0 Å². The van der Waals surface area contributed by atoms with Crippen molar-refractivity contribution in [1.29, 1.82) is 0 Å². The maximum atomic E-state index is 10.6. The highest BCUT2D eigenvalue weighted by atomic mass is 16.6. The summed E-state index contributed by atoms with van der Waals surface area (Å²) in [5.41, 5.74) is -0.637. The number of nitrogens with two attached hydrogens (primary N) is 1. The first-order valence-corrected chi connectivity index (χ1v) is 3.72. The molecular weight excluding hydrogens is 204 g/mol. The summed E-state index contributed by atoms with van der Waals surface area (Å²) < 4.78 is 0. The van der Waals surface area contributed by atoms with E-state index in [-0.39, 0.29) is 11.3 Å². The summed E-state index contributed by atoms with van der Waals surface area (Å²) >= 11 is 0. The van der Waals surface area contributed by atoms with Crippen LogP contribution in [0.3, 0.4) is 0 Å². The molecule has 2 N–H and O–H groups in total. The number of hydrazone groups is 1. The summed E-state index contributed by atoms with van der Waals surface area (Å²) in [4.78, 5) is 19.5. The summed E-state index contributed by atoms with van der Waals surface area (Å²) in [7, 11) is 0. The first-order valence-electron chi connectivity index (χ1n) is 3.72. The zero-order valence-electron chi connectivity index (χ0n) is 7.36. The molecule has 0 saturated carbocycles. The fraction of sp³-hybridized carbons (Fsp3) is 0. The Morgan fingerprint density at radius 3 is 2.40 bits per heavy atom. The summed E-state index contributed by atoms with van der Waals surface area (Å²) in [6.07, 6.45) is 1.06. The van der Waals surface area contributed by atoms with E-state index in [0.717, 1.165) is 18.3 Å². The molecule has 0 atom stereocenters. The van der Waals surface area contributed by atoms with Crippen molar-refractivity contribution >= 4 is 17.6 Å². The van der Waals surface area contributed by atoms with Crippen LogP contribution in [0.4, 0.5) is 11.4 Å². The van der Waals surface area contributed by atoms with E-state index in [1.54, 1.807) is 0 Å². The van der Waals surface area contributed by atoms with Gasteiger partial charge in [0.1, 0.15) is 0 Å². The highest BCUT2D eigenvalue weighted by Crippen LogP contribution is 2.23. The molecule has 8 heteroatoms. The molecule has 8 nitrogen and oxygen atoms in total. The van der Waals surface area contributed by atoms with Gasteiger partial charge < -0.3 is 5.84 Å². The number of rotatable bonds is 3. The Balaban J connectivity index is 3.33. The number of benzene rings is 1. The van der Waals surface area contributed by atoms with Crippen LogP contribution in [0.5, 0.6) is 0 Å². The normalized spacial score (nSPS) is 10.4. The summed E-state index contributed by atoms with van der Waals surface area (Å²) in [6, 6.07) is 3.22. The minimum atomic E-state index is -0.732. The largest absolute Gasteiger partial charge is 0.323 e. The van der Waals surface area contributed by atoms with Crippen LogP contribution in [0, 0.1) is 20.2 Å². The number of nitro benzene ring substituents is 2. The van der Waals surface area contributed by atoms with E-state index in [2.05, 4.69) is 5.10 Å². The standard InChI is InChI=1S/C7H6N4O4/c8-9-4-5-1-2-6(10(12)13)3-7(5)11(14)15/h1-4H,8H2/b9-4+. The third kappa shape index (κ3) is 2.24. The number of non-ortho nitro benzene ring substituents is 1. The van der Waals surface area contributed by atoms with Gasteiger partial charge in [0.15, 0.2) is 0 Å². The molecule has 78 valence electrons. The second kappa shape index (κ2) is 4.13. The van der Waals surface area contributed by atoms with Crippen LogP contribution in [0.2, 0.25) is 0 Å². The Morgan fingerprint density at radius 1 is 1.27 bits per heavy atom. The quantitative estimate of drug-likeness (QED) is 0.341. The van der Waals surface area contributed by atoms with Crippen molar-refractivity contribution in [1.82, 2.24) is 0 Å². The van der Waals surface area contributed by atoms with Gasteiger partial charge in [-0.15, -0.1) is 0 Å². The summed E-state index contributed by atoms with van der Waals surface area (Å²) in [6.45, 7) is 0. The fourth-order valence-electron chi connectivity index (χ4n) is 0.993. The van der Waals surface area contributed by atoms with Crippen molar-refractivity contribution in [2.24, 2.45) is 10.9 Å². The van der Waals surface area contributed by atoms with E-state index < -0.39 is 15.5 Å². The molecule has 0 amide bonds. The zero-order chi connectivity index (χ0) is 11.4. The highest BCUT2D eigenvalue weighted by molar-refractivity contribution is 5.85. The van der Waals surface area contributed by atoms with E-state index in [0.29, 0.717) is 0 Å². The lowest BCUT2D eigenvalue weighted by atomic mass is 10.2. The maximum absolute atomic E-state index is 10.6. The SMILES string of the molecule is N/N=C/c1ccc([N+](=O)[O-])cc1[N+](=O)[O-]. The minimum absolute atomic E-state index is 0.119. The molecule has 0 bridgehead atoms. The number of nitrogens with zero attached hydrogens (tertiary/aromatic N) is 3. The highest BCUT2D eigenvalue weighted by Gasteiger charge is 2.17. The predicted octanol–water partition coefficient (Wildman–Crippen LogP) is 0.796. The van der Waals surface area contributed by atoms with Crippen LogP contribution < -0.4 is 5.84 Å². The molecule has 0 fully saturated rings. The average Bonchev–Trinajstić information content (AvgIpc) is 2.18. The topological polar surface area (TPSA) is 125 Å². The van der Waals surface area contributed by atoms with Crippen LogP contribution in [-0.4, -0.2) is 16.1 Å². The smallest absolute Gasteiger partial charge is 0.285 e. The molecule has 0 aliphatic rings. The van der Waals surface area contributed by atoms with Crippen LogP contribution in [0.25, 0.3) is 0 Å². The number of hydrogen-bond donors (Lipinski definition) is 1. The molecule has 0 aliphatic carbocycles. The maximum Gasteiger partial charge on any atom is 0.285 e. The van der Waals surface area contributed by atoms with Gasteiger partial charge in [0.05, 0.1) is 27.7 Å². The van der Waals surface area contributed by atoms with Crippen molar-refractivity contribution in [3.63, 3.8) is 0 Å². The molecule has 0 heterocycles. The summed E-state index contributed by atoms with van der Waals surface area (Å²) in [5.74, 6) is 4.84. The van der Waals surface area contributed by atoms with Gasteiger partial charge in [0.25, 0.3) is 11.4 Å². The van der Waals surface area contributed by atoms with Gasteiger partial charge in [-0.1, -0.05) is 0 Å². The first kappa shape index (κ1) is 10.6. The lowest BCUT2D eigenvalue weighted by molar-refractivity contribution is -0.394. The van der Waals surface area contributed by atoms with Gasteiger partial charge in [-0.3, -0.25) is 20.2 Å².